The van der Waals surface area contributed by atoms with Crippen LogP contribution in [0.3, 0.4) is 0 Å². The number of carbonyl (C=O) groups is 1. The van der Waals surface area contributed by atoms with E-state index >= 15 is 0 Å². The molecule has 3 heteroatoms. The van der Waals surface area contributed by atoms with Gasteiger partial charge >= 0.3 is 0 Å². The van der Waals surface area contributed by atoms with Gasteiger partial charge in [-0.1, -0.05) is 45.7 Å². The number of Topliss-reactive ketones (excluding diaryl/α,β-unsaturated/α-hetero) is 1. The zero-order chi connectivity index (χ0) is 10.9. The molecule has 1 aromatic carbocycles. The number of benzene rings is 1. The van der Waals surface area contributed by atoms with Crippen molar-refractivity contribution in [2.24, 2.45) is 5.92 Å². The zero-order valence-corrected chi connectivity index (χ0v) is 11.6. The maximum atomic E-state index is 11.8. The summed E-state index contributed by atoms with van der Waals surface area (Å²) in [7, 11) is 0. The number of rotatable bonds is 2. The van der Waals surface area contributed by atoms with Gasteiger partial charge in [-0.15, -0.1) is 0 Å². The Kier molecular flexibility index (Phi) is 3.90. The predicted octanol–water partition coefficient (Wildman–Crippen LogP) is 4.36. The highest BCUT2D eigenvalue weighted by Crippen LogP contribution is 2.27. The Morgan fingerprint density at radius 1 is 1.21 bits per heavy atom. The highest BCUT2D eigenvalue weighted by Gasteiger charge is 2.14. The molecule has 76 valence electrons. The molecule has 0 aromatic heterocycles. The van der Waals surface area contributed by atoms with Crippen LogP contribution in [0.4, 0.5) is 0 Å². The van der Waals surface area contributed by atoms with Gasteiger partial charge < -0.3 is 0 Å². The molecular formula is C11H12Br2O. The van der Waals surface area contributed by atoms with Gasteiger partial charge in [-0.25, -0.2) is 0 Å². The van der Waals surface area contributed by atoms with E-state index in [-0.39, 0.29) is 11.7 Å². The molecule has 0 N–H and O–H groups in total. The molecule has 0 atom stereocenters. The van der Waals surface area contributed by atoms with Crippen LogP contribution < -0.4 is 0 Å². The van der Waals surface area contributed by atoms with Crippen molar-refractivity contribution >= 4 is 37.6 Å². The zero-order valence-electron chi connectivity index (χ0n) is 8.40. The maximum absolute atomic E-state index is 11.8. The molecule has 0 radical (unpaired) electrons. The number of ketones is 1. The van der Waals surface area contributed by atoms with Gasteiger partial charge in [-0.3, -0.25) is 4.79 Å². The molecule has 0 spiro atoms. The molecule has 1 rings (SSSR count). The summed E-state index contributed by atoms with van der Waals surface area (Å²) in [5.41, 5.74) is 1.87. The van der Waals surface area contributed by atoms with Crippen molar-refractivity contribution in [1.82, 2.24) is 0 Å². The van der Waals surface area contributed by atoms with Gasteiger partial charge in [-0.05, 0) is 24.6 Å². The lowest BCUT2D eigenvalue weighted by atomic mass is 10.0. The van der Waals surface area contributed by atoms with E-state index in [9.17, 15) is 4.79 Å². The molecule has 0 fully saturated rings. The normalized spacial score (nSPS) is 10.7. The lowest BCUT2D eigenvalue weighted by Gasteiger charge is -2.08. The third-order valence-electron chi connectivity index (χ3n) is 2.04. The van der Waals surface area contributed by atoms with Gasteiger partial charge in [0, 0.05) is 20.4 Å². The van der Waals surface area contributed by atoms with E-state index in [1.165, 1.54) is 0 Å². The summed E-state index contributed by atoms with van der Waals surface area (Å²) in [6.07, 6.45) is 0. The third kappa shape index (κ3) is 2.45. The minimum Gasteiger partial charge on any atom is -0.294 e. The van der Waals surface area contributed by atoms with Crippen LogP contribution in [0.15, 0.2) is 21.1 Å². The van der Waals surface area contributed by atoms with Crippen LogP contribution in [0.1, 0.15) is 29.8 Å². The van der Waals surface area contributed by atoms with E-state index < -0.39 is 0 Å². The SMILES string of the molecule is Cc1cc(Br)c(C(=O)C(C)C)cc1Br. The van der Waals surface area contributed by atoms with Crippen LogP contribution in [0, 0.1) is 12.8 Å². The van der Waals surface area contributed by atoms with Crippen LogP contribution in [0.5, 0.6) is 0 Å². The van der Waals surface area contributed by atoms with Gasteiger partial charge in [0.15, 0.2) is 5.78 Å². The fourth-order valence-electron chi connectivity index (χ4n) is 1.15. The fraction of sp³-hybridized carbons (Fsp3) is 0.364. The van der Waals surface area contributed by atoms with Crippen molar-refractivity contribution in [2.45, 2.75) is 20.8 Å². The first-order chi connectivity index (χ1) is 6.43. The molecule has 0 heterocycles. The molecule has 14 heavy (non-hydrogen) atoms. The summed E-state index contributed by atoms with van der Waals surface area (Å²) in [5.74, 6) is 0.193. The van der Waals surface area contributed by atoms with E-state index in [1.807, 2.05) is 32.9 Å². The number of hydrogen-bond donors (Lipinski definition) is 0. The second-order valence-corrected chi connectivity index (χ2v) is 5.31. The molecule has 1 aromatic rings. The first-order valence-corrected chi connectivity index (χ1v) is 6.02. The number of carbonyl (C=O) groups excluding carboxylic acids is 1. The minimum absolute atomic E-state index is 0.0286. The molecule has 0 aliphatic rings. The Hall–Kier alpha value is -0.150. The second-order valence-electron chi connectivity index (χ2n) is 3.60. The van der Waals surface area contributed by atoms with E-state index in [2.05, 4.69) is 31.9 Å². The Morgan fingerprint density at radius 2 is 1.79 bits per heavy atom. The number of aryl methyl sites for hydroxylation is 1. The average molecular weight is 320 g/mol. The van der Waals surface area contributed by atoms with Gasteiger partial charge in [0.05, 0.1) is 0 Å². The van der Waals surface area contributed by atoms with Crippen molar-refractivity contribution in [1.29, 1.82) is 0 Å². The van der Waals surface area contributed by atoms with Gasteiger partial charge in [0.1, 0.15) is 0 Å². The monoisotopic (exact) mass is 318 g/mol. The quantitative estimate of drug-likeness (QED) is 0.740. The van der Waals surface area contributed by atoms with Crippen LogP contribution >= 0.6 is 31.9 Å². The Bertz CT molecular complexity index is 370. The summed E-state index contributed by atoms with van der Waals surface area (Å²) >= 11 is 6.83. The van der Waals surface area contributed by atoms with Gasteiger partial charge in [0.25, 0.3) is 0 Å². The maximum Gasteiger partial charge on any atom is 0.166 e. The molecule has 0 saturated carbocycles. The van der Waals surface area contributed by atoms with Crippen molar-refractivity contribution in [3.8, 4) is 0 Å². The van der Waals surface area contributed by atoms with Crippen molar-refractivity contribution in [2.75, 3.05) is 0 Å². The van der Waals surface area contributed by atoms with Crippen molar-refractivity contribution in [3.05, 3.63) is 32.2 Å². The molecule has 1 nitrogen and oxygen atoms in total. The summed E-state index contributed by atoms with van der Waals surface area (Å²) < 4.78 is 1.85. The molecule has 0 aliphatic carbocycles. The van der Waals surface area contributed by atoms with E-state index in [0.29, 0.717) is 0 Å². The molecule has 0 amide bonds. The molecule has 0 aliphatic heterocycles. The summed E-state index contributed by atoms with van der Waals surface area (Å²) in [5, 5.41) is 0. The Morgan fingerprint density at radius 3 is 2.29 bits per heavy atom. The predicted molar refractivity (Wildman–Crippen MR) is 65.7 cm³/mol. The van der Waals surface area contributed by atoms with Crippen LogP contribution in [0.2, 0.25) is 0 Å². The van der Waals surface area contributed by atoms with Gasteiger partial charge in [-0.2, -0.15) is 0 Å². The first kappa shape index (κ1) is 11.9. The largest absolute Gasteiger partial charge is 0.294 e. The smallest absolute Gasteiger partial charge is 0.166 e. The van der Waals surface area contributed by atoms with Gasteiger partial charge in [0.2, 0.25) is 0 Å². The third-order valence-corrected chi connectivity index (χ3v) is 3.55. The Labute approximate surface area is 101 Å². The van der Waals surface area contributed by atoms with Crippen molar-refractivity contribution in [3.63, 3.8) is 0 Å². The van der Waals surface area contributed by atoms with Crippen LogP contribution in [-0.4, -0.2) is 5.78 Å². The molecule has 0 bridgehead atoms. The standard InChI is InChI=1S/C11H12Br2O/c1-6(2)11(14)8-5-9(12)7(3)4-10(8)13/h4-6H,1-3H3. The average Bonchev–Trinajstić information content (AvgIpc) is 2.10. The fourth-order valence-corrected chi connectivity index (χ4v) is 2.14. The van der Waals surface area contributed by atoms with Crippen LogP contribution in [0.25, 0.3) is 0 Å². The van der Waals surface area contributed by atoms with E-state index in [1.54, 1.807) is 0 Å². The number of hydrogen-bond acceptors (Lipinski definition) is 1. The summed E-state index contributed by atoms with van der Waals surface area (Å²) in [6, 6.07) is 3.83. The molecule has 0 unspecified atom stereocenters. The molecule has 0 saturated heterocycles. The second kappa shape index (κ2) is 4.58. The van der Waals surface area contributed by atoms with E-state index in [4.69, 9.17) is 0 Å². The highest BCUT2D eigenvalue weighted by molar-refractivity contribution is 9.11. The lowest BCUT2D eigenvalue weighted by Crippen LogP contribution is -2.08. The summed E-state index contributed by atoms with van der Waals surface area (Å²) in [6.45, 7) is 5.81. The lowest BCUT2D eigenvalue weighted by molar-refractivity contribution is 0.0938. The topological polar surface area (TPSA) is 17.1 Å². The number of halogens is 2. The van der Waals surface area contributed by atoms with Crippen molar-refractivity contribution < 1.29 is 4.79 Å². The first-order valence-electron chi connectivity index (χ1n) is 4.43. The van der Waals surface area contributed by atoms with E-state index in [0.717, 1.165) is 20.1 Å². The highest BCUT2D eigenvalue weighted by atomic mass is 79.9. The Balaban J connectivity index is 3.22. The summed E-state index contributed by atoms with van der Waals surface area (Å²) in [4.78, 5) is 11.8. The molecular weight excluding hydrogens is 308 g/mol. The van der Waals surface area contributed by atoms with Crippen LogP contribution in [-0.2, 0) is 0 Å². The minimum atomic E-state index is 0.0286.